The van der Waals surface area contributed by atoms with Crippen molar-refractivity contribution in [1.82, 2.24) is 30.8 Å². The number of nitrogens with one attached hydrogen (secondary N) is 2. The Morgan fingerprint density at radius 1 is 1.56 bits per heavy atom. The maximum absolute atomic E-state index is 11.5. The molecule has 8 heteroatoms. The van der Waals surface area contributed by atoms with Gasteiger partial charge in [-0.15, -0.1) is 10.2 Å². The quantitative estimate of drug-likeness (QED) is 0.779. The van der Waals surface area contributed by atoms with Gasteiger partial charge in [-0.25, -0.2) is 4.79 Å². The molecule has 2 heterocycles. The van der Waals surface area contributed by atoms with E-state index in [1.165, 1.54) is 0 Å². The molecule has 100 valence electrons. The van der Waals surface area contributed by atoms with E-state index in [2.05, 4.69) is 25.9 Å². The summed E-state index contributed by atoms with van der Waals surface area (Å²) in [5.41, 5.74) is 0. The Hall–Kier alpha value is -1.70. The molecule has 0 radical (unpaired) electrons. The van der Waals surface area contributed by atoms with Gasteiger partial charge in [-0.05, 0) is 19.8 Å². The molecule has 1 fully saturated rings. The predicted molar refractivity (Wildman–Crippen MR) is 62.6 cm³/mol. The summed E-state index contributed by atoms with van der Waals surface area (Å²) in [6, 6.07) is 0.383. The average molecular weight is 254 g/mol. The smallest absolute Gasteiger partial charge is 0.409 e. The van der Waals surface area contributed by atoms with E-state index in [0.717, 1.165) is 25.9 Å². The van der Waals surface area contributed by atoms with Crippen LogP contribution in [0.2, 0.25) is 0 Å². The first-order valence-corrected chi connectivity index (χ1v) is 6.17. The zero-order chi connectivity index (χ0) is 12.8. The van der Waals surface area contributed by atoms with Gasteiger partial charge in [-0.2, -0.15) is 5.21 Å². The highest BCUT2D eigenvalue weighted by molar-refractivity contribution is 5.67. The van der Waals surface area contributed by atoms with E-state index in [1.54, 1.807) is 4.90 Å². The summed E-state index contributed by atoms with van der Waals surface area (Å²) in [5.74, 6) is 0.655. The first-order valence-electron chi connectivity index (χ1n) is 6.17. The maximum atomic E-state index is 11.5. The molecule has 2 rings (SSSR count). The van der Waals surface area contributed by atoms with Gasteiger partial charge in [0.2, 0.25) is 0 Å². The second-order valence-corrected chi connectivity index (χ2v) is 4.17. The number of carbonyl (C=O) groups excluding carboxylic acids is 1. The first-order chi connectivity index (χ1) is 8.79. The lowest BCUT2D eigenvalue weighted by molar-refractivity contribution is 0.0949. The van der Waals surface area contributed by atoms with Gasteiger partial charge in [0.05, 0.1) is 13.2 Å². The van der Waals surface area contributed by atoms with Gasteiger partial charge in [-0.3, -0.25) is 0 Å². The van der Waals surface area contributed by atoms with Crippen LogP contribution in [0.15, 0.2) is 0 Å². The third kappa shape index (κ3) is 3.39. The monoisotopic (exact) mass is 254 g/mol. The van der Waals surface area contributed by atoms with E-state index < -0.39 is 0 Å². The molecule has 0 aliphatic carbocycles. The van der Waals surface area contributed by atoms with Crippen LogP contribution in [0.3, 0.4) is 0 Å². The van der Waals surface area contributed by atoms with Crippen molar-refractivity contribution in [3.05, 3.63) is 5.82 Å². The Labute approximate surface area is 105 Å². The van der Waals surface area contributed by atoms with Crippen molar-refractivity contribution in [3.63, 3.8) is 0 Å². The number of amides is 1. The van der Waals surface area contributed by atoms with E-state index in [9.17, 15) is 4.79 Å². The summed E-state index contributed by atoms with van der Waals surface area (Å²) in [7, 11) is 0. The van der Waals surface area contributed by atoms with Crippen LogP contribution < -0.4 is 5.32 Å². The molecule has 0 atom stereocenters. The fourth-order valence-corrected chi connectivity index (χ4v) is 1.97. The number of aromatic amines is 1. The number of rotatable bonds is 4. The molecule has 0 spiro atoms. The molecule has 1 aliphatic heterocycles. The van der Waals surface area contributed by atoms with Crippen molar-refractivity contribution in [2.75, 3.05) is 19.7 Å². The van der Waals surface area contributed by atoms with Crippen LogP contribution in [0.25, 0.3) is 0 Å². The third-order valence-electron chi connectivity index (χ3n) is 2.96. The standard InChI is InChI=1S/C10H18N6O2/c1-2-18-10(17)16-5-3-8(4-6-16)11-7-9-12-14-15-13-9/h8,11H,2-7H2,1H3,(H,12,13,14,15). The summed E-state index contributed by atoms with van der Waals surface area (Å²) in [4.78, 5) is 13.2. The van der Waals surface area contributed by atoms with Gasteiger partial charge in [-0.1, -0.05) is 5.21 Å². The molecule has 18 heavy (non-hydrogen) atoms. The van der Waals surface area contributed by atoms with Crippen LogP contribution in [0.5, 0.6) is 0 Å². The van der Waals surface area contributed by atoms with Gasteiger partial charge in [0.1, 0.15) is 0 Å². The Bertz CT molecular complexity index is 360. The van der Waals surface area contributed by atoms with E-state index in [1.807, 2.05) is 6.92 Å². The molecule has 1 aromatic heterocycles. The molecule has 0 saturated carbocycles. The number of hydrogen-bond acceptors (Lipinski definition) is 6. The van der Waals surface area contributed by atoms with Gasteiger partial charge in [0, 0.05) is 19.1 Å². The van der Waals surface area contributed by atoms with Crippen molar-refractivity contribution >= 4 is 6.09 Å². The molecule has 1 amide bonds. The topological polar surface area (TPSA) is 96.0 Å². The summed E-state index contributed by atoms with van der Waals surface area (Å²) in [5, 5.41) is 17.0. The lowest BCUT2D eigenvalue weighted by Gasteiger charge is -2.31. The number of nitrogens with zero attached hydrogens (tertiary/aromatic N) is 4. The molecule has 8 nitrogen and oxygen atoms in total. The molecule has 0 aromatic carbocycles. The molecule has 1 aromatic rings. The first kappa shape index (κ1) is 12.7. The SMILES string of the molecule is CCOC(=O)N1CCC(NCc2nn[nH]n2)CC1. The number of aromatic nitrogens is 4. The Balaban J connectivity index is 1.68. The Morgan fingerprint density at radius 3 is 2.94 bits per heavy atom. The van der Waals surface area contributed by atoms with Crippen molar-refractivity contribution in [2.45, 2.75) is 32.4 Å². The molecule has 0 unspecified atom stereocenters. The van der Waals surface area contributed by atoms with Crippen LogP contribution in [0.1, 0.15) is 25.6 Å². The highest BCUT2D eigenvalue weighted by atomic mass is 16.6. The summed E-state index contributed by atoms with van der Waals surface area (Å²) in [6.07, 6.45) is 1.61. The molecule has 1 saturated heterocycles. The molecule has 0 bridgehead atoms. The number of carbonyl (C=O) groups is 1. The van der Waals surface area contributed by atoms with Crippen LogP contribution in [0.4, 0.5) is 4.79 Å². The zero-order valence-corrected chi connectivity index (χ0v) is 10.4. The second-order valence-electron chi connectivity index (χ2n) is 4.17. The van der Waals surface area contributed by atoms with Crippen molar-refractivity contribution < 1.29 is 9.53 Å². The van der Waals surface area contributed by atoms with Gasteiger partial charge in [0.25, 0.3) is 0 Å². The highest BCUT2D eigenvalue weighted by Crippen LogP contribution is 2.11. The normalized spacial score (nSPS) is 16.8. The van der Waals surface area contributed by atoms with Crippen molar-refractivity contribution in [2.24, 2.45) is 0 Å². The summed E-state index contributed by atoms with van der Waals surface area (Å²) < 4.78 is 4.97. The minimum absolute atomic E-state index is 0.214. The number of tetrazole rings is 1. The molecule has 1 aliphatic rings. The number of H-pyrrole nitrogens is 1. The second kappa shape index (κ2) is 6.29. The van der Waals surface area contributed by atoms with Crippen LogP contribution >= 0.6 is 0 Å². The average Bonchev–Trinajstić information content (AvgIpc) is 2.90. The van der Waals surface area contributed by atoms with Gasteiger partial charge in [0.15, 0.2) is 5.82 Å². The van der Waals surface area contributed by atoms with E-state index in [-0.39, 0.29) is 6.09 Å². The largest absolute Gasteiger partial charge is 0.450 e. The minimum atomic E-state index is -0.214. The molecular formula is C10H18N6O2. The number of ether oxygens (including phenoxy) is 1. The van der Waals surface area contributed by atoms with Crippen molar-refractivity contribution in [1.29, 1.82) is 0 Å². The van der Waals surface area contributed by atoms with E-state index in [0.29, 0.717) is 25.0 Å². The zero-order valence-electron chi connectivity index (χ0n) is 10.4. The number of hydrogen-bond donors (Lipinski definition) is 2. The Morgan fingerprint density at radius 2 is 2.33 bits per heavy atom. The van der Waals surface area contributed by atoms with E-state index in [4.69, 9.17) is 4.74 Å². The summed E-state index contributed by atoms with van der Waals surface area (Å²) >= 11 is 0. The van der Waals surface area contributed by atoms with E-state index >= 15 is 0 Å². The molecule has 2 N–H and O–H groups in total. The molecular weight excluding hydrogens is 236 g/mol. The fraction of sp³-hybridized carbons (Fsp3) is 0.800. The fourth-order valence-electron chi connectivity index (χ4n) is 1.97. The lowest BCUT2D eigenvalue weighted by Crippen LogP contribution is -2.45. The number of piperidine rings is 1. The van der Waals surface area contributed by atoms with Gasteiger partial charge < -0.3 is 15.0 Å². The van der Waals surface area contributed by atoms with Gasteiger partial charge >= 0.3 is 6.09 Å². The van der Waals surface area contributed by atoms with Crippen LogP contribution in [-0.4, -0.2) is 57.4 Å². The highest BCUT2D eigenvalue weighted by Gasteiger charge is 2.23. The number of likely N-dealkylation sites (tertiary alicyclic amines) is 1. The lowest BCUT2D eigenvalue weighted by atomic mass is 10.1. The Kier molecular flexibility index (Phi) is 4.46. The summed E-state index contributed by atoms with van der Waals surface area (Å²) in [6.45, 7) is 4.29. The van der Waals surface area contributed by atoms with Crippen LogP contribution in [0, 0.1) is 0 Å². The predicted octanol–water partition coefficient (Wildman–Crippen LogP) is -0.0898. The third-order valence-corrected chi connectivity index (χ3v) is 2.96. The maximum Gasteiger partial charge on any atom is 0.409 e. The minimum Gasteiger partial charge on any atom is -0.450 e. The van der Waals surface area contributed by atoms with Crippen molar-refractivity contribution in [3.8, 4) is 0 Å². The van der Waals surface area contributed by atoms with Crippen LogP contribution in [-0.2, 0) is 11.3 Å².